The van der Waals surface area contributed by atoms with Crippen LogP contribution >= 0.6 is 34.5 Å². The van der Waals surface area contributed by atoms with Gasteiger partial charge in [0.1, 0.15) is 10.9 Å². The SMILES string of the molecule is Cc1nn(-c2ccccc2Cl)c(Cl)c1C=Nn1c(-c2ccc3c(c2)NC(=O)CO3)csc1=NC(C)C. The maximum atomic E-state index is 11.8. The summed E-state index contributed by atoms with van der Waals surface area (Å²) in [6.07, 6.45) is 1.68. The zero-order valence-electron chi connectivity index (χ0n) is 19.7. The molecule has 1 N–H and O–H groups in total. The fraction of sp³-hybridized carbons (Fsp3) is 0.200. The summed E-state index contributed by atoms with van der Waals surface area (Å²) in [5.74, 6) is 0.442. The molecule has 3 heterocycles. The number of fused-ring (bicyclic) bond motifs is 1. The van der Waals surface area contributed by atoms with Gasteiger partial charge in [0.25, 0.3) is 5.91 Å². The van der Waals surface area contributed by atoms with Crippen LogP contribution in [0.1, 0.15) is 25.1 Å². The van der Waals surface area contributed by atoms with Crippen LogP contribution in [0.25, 0.3) is 16.9 Å². The molecule has 11 heteroatoms. The van der Waals surface area contributed by atoms with E-state index in [-0.39, 0.29) is 18.6 Å². The summed E-state index contributed by atoms with van der Waals surface area (Å²) >= 11 is 14.6. The molecule has 0 spiro atoms. The van der Waals surface area contributed by atoms with Crippen LogP contribution in [0, 0.1) is 6.92 Å². The first-order valence-corrected chi connectivity index (χ1v) is 12.8. The Morgan fingerprint density at radius 3 is 2.81 bits per heavy atom. The molecular formula is C25H22Cl2N6O2S. The van der Waals surface area contributed by atoms with E-state index in [4.69, 9.17) is 38.0 Å². The molecular weight excluding hydrogens is 519 g/mol. The second-order valence-corrected chi connectivity index (χ2v) is 9.99. The summed E-state index contributed by atoms with van der Waals surface area (Å²) < 4.78 is 8.86. The summed E-state index contributed by atoms with van der Waals surface area (Å²) in [4.78, 5) is 17.3. The lowest BCUT2D eigenvalue weighted by Gasteiger charge is -2.18. The Bertz CT molecular complexity index is 1570. The highest BCUT2D eigenvalue weighted by atomic mass is 35.5. The van der Waals surface area contributed by atoms with E-state index in [0.717, 1.165) is 16.1 Å². The third kappa shape index (κ3) is 4.69. The van der Waals surface area contributed by atoms with Crippen molar-refractivity contribution in [2.45, 2.75) is 26.8 Å². The summed E-state index contributed by atoms with van der Waals surface area (Å²) in [6, 6.07) is 13.1. The van der Waals surface area contributed by atoms with Crippen molar-refractivity contribution in [2.24, 2.45) is 10.1 Å². The number of aryl methyl sites for hydroxylation is 1. The van der Waals surface area contributed by atoms with Crippen LogP contribution in [-0.2, 0) is 4.79 Å². The highest BCUT2D eigenvalue weighted by Crippen LogP contribution is 2.33. The third-order valence-electron chi connectivity index (χ3n) is 5.39. The number of hydrogen-bond donors (Lipinski definition) is 1. The van der Waals surface area contributed by atoms with E-state index >= 15 is 0 Å². The number of carbonyl (C=O) groups excluding carboxylic acids is 1. The number of hydrogen-bond acceptors (Lipinski definition) is 6. The van der Waals surface area contributed by atoms with Crippen molar-refractivity contribution in [3.63, 3.8) is 0 Å². The molecule has 0 unspecified atom stereocenters. The minimum absolute atomic E-state index is 0.00843. The van der Waals surface area contributed by atoms with Crippen molar-refractivity contribution in [2.75, 3.05) is 11.9 Å². The van der Waals surface area contributed by atoms with Gasteiger partial charge in [-0.1, -0.05) is 35.3 Å². The van der Waals surface area contributed by atoms with Gasteiger partial charge in [0.2, 0.25) is 4.80 Å². The number of nitrogens with one attached hydrogen (secondary N) is 1. The monoisotopic (exact) mass is 540 g/mol. The number of halogens is 2. The van der Waals surface area contributed by atoms with Crippen molar-refractivity contribution in [3.8, 4) is 22.7 Å². The van der Waals surface area contributed by atoms with E-state index in [1.165, 1.54) is 11.3 Å². The van der Waals surface area contributed by atoms with Gasteiger partial charge in [-0.3, -0.25) is 9.79 Å². The van der Waals surface area contributed by atoms with Crippen LogP contribution in [0.3, 0.4) is 0 Å². The number of para-hydroxylation sites is 1. The zero-order chi connectivity index (χ0) is 25.4. The van der Waals surface area contributed by atoms with Gasteiger partial charge in [0.15, 0.2) is 6.61 Å². The van der Waals surface area contributed by atoms with Crippen molar-refractivity contribution in [3.05, 3.63) is 74.1 Å². The number of ether oxygens (including phenoxy) is 1. The molecule has 184 valence electrons. The zero-order valence-corrected chi connectivity index (χ0v) is 22.0. The number of carbonyl (C=O) groups is 1. The minimum atomic E-state index is -0.188. The van der Waals surface area contributed by atoms with Crippen LogP contribution in [0.5, 0.6) is 5.75 Å². The van der Waals surface area contributed by atoms with E-state index in [0.29, 0.717) is 38.6 Å². The lowest BCUT2D eigenvalue weighted by molar-refractivity contribution is -0.118. The van der Waals surface area contributed by atoms with Gasteiger partial charge in [-0.15, -0.1) is 11.3 Å². The van der Waals surface area contributed by atoms with Crippen LogP contribution in [-0.4, -0.2) is 39.2 Å². The second kappa shape index (κ2) is 9.93. The average molecular weight is 541 g/mol. The number of benzene rings is 2. The Morgan fingerprint density at radius 2 is 2.03 bits per heavy atom. The fourth-order valence-electron chi connectivity index (χ4n) is 3.72. The van der Waals surface area contributed by atoms with Gasteiger partial charge in [-0.05, 0) is 51.1 Å². The molecule has 4 aromatic rings. The molecule has 1 amide bonds. The highest BCUT2D eigenvalue weighted by Gasteiger charge is 2.19. The van der Waals surface area contributed by atoms with Crippen molar-refractivity contribution < 1.29 is 9.53 Å². The van der Waals surface area contributed by atoms with Crippen LogP contribution in [0.15, 0.2) is 57.9 Å². The molecule has 0 bridgehead atoms. The average Bonchev–Trinajstić information content (AvgIpc) is 3.36. The number of thiazole rings is 1. The van der Waals surface area contributed by atoms with Crippen molar-refractivity contribution in [1.29, 1.82) is 0 Å². The summed E-state index contributed by atoms with van der Waals surface area (Å²) in [5.41, 5.74) is 4.34. The maximum absolute atomic E-state index is 11.8. The predicted molar refractivity (Wildman–Crippen MR) is 144 cm³/mol. The summed E-state index contributed by atoms with van der Waals surface area (Å²) in [5, 5.41) is 15.1. The topological polar surface area (TPSA) is 85.8 Å². The molecule has 36 heavy (non-hydrogen) atoms. The first-order valence-electron chi connectivity index (χ1n) is 11.2. The normalized spacial score (nSPS) is 13.8. The molecule has 0 radical (unpaired) electrons. The molecule has 1 aliphatic heterocycles. The second-order valence-electron chi connectivity index (χ2n) is 8.38. The standard InChI is InChI=1S/C25H22Cl2N6O2S/c1-14(2)29-25-33(21(13-36-25)16-8-9-22-19(10-16)30-23(34)12-35-22)28-11-17-15(3)31-32(24(17)27)20-7-5-4-6-18(20)26/h4-11,13-14H,12H2,1-3H3,(H,30,34). The Labute approximate surface area is 221 Å². The highest BCUT2D eigenvalue weighted by molar-refractivity contribution is 7.07. The van der Waals surface area contributed by atoms with Gasteiger partial charge in [0.05, 0.1) is 39.6 Å². The largest absolute Gasteiger partial charge is 0.482 e. The quantitative estimate of drug-likeness (QED) is 0.337. The maximum Gasteiger partial charge on any atom is 0.262 e. The molecule has 0 atom stereocenters. The first kappa shape index (κ1) is 24.3. The van der Waals surface area contributed by atoms with Gasteiger partial charge in [-0.2, -0.15) is 10.2 Å². The molecule has 0 saturated heterocycles. The van der Waals surface area contributed by atoms with Crippen LogP contribution in [0.2, 0.25) is 10.2 Å². The molecule has 0 aliphatic carbocycles. The lowest BCUT2D eigenvalue weighted by Crippen LogP contribution is -2.25. The molecule has 2 aromatic heterocycles. The number of rotatable bonds is 5. The van der Waals surface area contributed by atoms with Crippen LogP contribution in [0.4, 0.5) is 5.69 Å². The van der Waals surface area contributed by atoms with Crippen molar-refractivity contribution in [1.82, 2.24) is 14.5 Å². The number of nitrogens with zero attached hydrogens (tertiary/aromatic N) is 5. The third-order valence-corrected chi connectivity index (χ3v) is 6.91. The smallest absolute Gasteiger partial charge is 0.262 e. The fourth-order valence-corrected chi connectivity index (χ4v) is 5.22. The first-order chi connectivity index (χ1) is 17.3. The minimum Gasteiger partial charge on any atom is -0.482 e. The van der Waals surface area contributed by atoms with Gasteiger partial charge >= 0.3 is 0 Å². The number of aromatic nitrogens is 3. The van der Waals surface area contributed by atoms with Gasteiger partial charge in [-0.25, -0.2) is 9.36 Å². The number of anilines is 1. The number of amides is 1. The molecule has 2 aromatic carbocycles. The molecule has 0 fully saturated rings. The molecule has 8 nitrogen and oxygen atoms in total. The van der Waals surface area contributed by atoms with E-state index in [2.05, 4.69) is 10.4 Å². The van der Waals surface area contributed by atoms with Crippen molar-refractivity contribution >= 4 is 52.3 Å². The van der Waals surface area contributed by atoms with E-state index < -0.39 is 0 Å². The van der Waals surface area contributed by atoms with Gasteiger partial charge < -0.3 is 10.1 Å². The summed E-state index contributed by atoms with van der Waals surface area (Å²) in [6.45, 7) is 5.89. The van der Waals surface area contributed by atoms with E-state index in [1.807, 2.05) is 62.5 Å². The van der Waals surface area contributed by atoms with Gasteiger partial charge in [0, 0.05) is 17.0 Å². The lowest BCUT2D eigenvalue weighted by atomic mass is 10.1. The molecule has 1 aliphatic rings. The Morgan fingerprint density at radius 1 is 1.22 bits per heavy atom. The summed E-state index contributed by atoms with van der Waals surface area (Å²) in [7, 11) is 0. The Kier molecular flexibility index (Phi) is 6.70. The molecule has 0 saturated carbocycles. The van der Waals surface area contributed by atoms with E-state index in [9.17, 15) is 4.79 Å². The predicted octanol–water partition coefficient (Wildman–Crippen LogP) is 5.54. The van der Waals surface area contributed by atoms with E-state index in [1.54, 1.807) is 21.6 Å². The van der Waals surface area contributed by atoms with Crippen LogP contribution < -0.4 is 14.9 Å². The Balaban J connectivity index is 1.59. The Hall–Kier alpha value is -3.40. The molecule has 5 rings (SSSR count).